The van der Waals surface area contributed by atoms with Crippen LogP contribution in [0.15, 0.2) is 21.1 Å². The lowest BCUT2D eigenvalue weighted by Gasteiger charge is -1.97. The van der Waals surface area contributed by atoms with E-state index in [2.05, 4.69) is 21.1 Å². The molecule has 4 nitrogen and oxygen atoms in total. The van der Waals surface area contributed by atoms with Gasteiger partial charge in [-0.05, 0) is 33.6 Å². The van der Waals surface area contributed by atoms with Crippen LogP contribution >= 0.6 is 15.9 Å². The van der Waals surface area contributed by atoms with Crippen molar-refractivity contribution in [2.45, 2.75) is 6.61 Å². The molecule has 0 fully saturated rings. The van der Waals surface area contributed by atoms with Crippen molar-refractivity contribution in [2.75, 3.05) is 5.73 Å². The zero-order chi connectivity index (χ0) is 9.42. The molecular weight excluding hydrogens is 236 g/mol. The monoisotopic (exact) mass is 242 g/mol. The zero-order valence-electron chi connectivity index (χ0n) is 6.62. The highest BCUT2D eigenvalue weighted by Gasteiger charge is 2.09. The fourth-order valence-corrected chi connectivity index (χ4v) is 1.75. The molecule has 2 rings (SSSR count). The molecule has 0 bridgehead atoms. The second-order valence-corrected chi connectivity index (χ2v) is 3.53. The molecule has 0 aliphatic heterocycles. The molecule has 0 atom stereocenters. The first kappa shape index (κ1) is 8.52. The van der Waals surface area contributed by atoms with E-state index in [4.69, 9.17) is 15.4 Å². The number of aliphatic hydroxyl groups is 1. The summed E-state index contributed by atoms with van der Waals surface area (Å²) >= 11 is 3.30. The first-order chi connectivity index (χ1) is 6.22. The van der Waals surface area contributed by atoms with Crippen LogP contribution in [0.25, 0.3) is 11.0 Å². The van der Waals surface area contributed by atoms with Crippen molar-refractivity contribution >= 4 is 32.7 Å². The van der Waals surface area contributed by atoms with Gasteiger partial charge in [-0.1, -0.05) is 5.16 Å². The molecule has 0 aliphatic carbocycles. The van der Waals surface area contributed by atoms with E-state index in [1.165, 1.54) is 0 Å². The second kappa shape index (κ2) is 3.01. The smallest absolute Gasteiger partial charge is 0.183 e. The van der Waals surface area contributed by atoms with E-state index in [-0.39, 0.29) is 6.61 Å². The Bertz CT molecular complexity index is 453. The number of hydrogen-bond acceptors (Lipinski definition) is 4. The van der Waals surface area contributed by atoms with Crippen LogP contribution in [0.3, 0.4) is 0 Å². The molecular formula is C8H7BrN2O2. The van der Waals surface area contributed by atoms with Crippen molar-refractivity contribution in [3.63, 3.8) is 0 Å². The number of anilines is 1. The maximum atomic E-state index is 8.94. The van der Waals surface area contributed by atoms with Gasteiger partial charge in [-0.25, -0.2) is 0 Å². The molecule has 5 heteroatoms. The fraction of sp³-hybridized carbons (Fsp3) is 0.125. The van der Waals surface area contributed by atoms with Crippen LogP contribution in [0.1, 0.15) is 5.56 Å². The summed E-state index contributed by atoms with van der Waals surface area (Å²) in [5.41, 5.74) is 6.94. The number of benzene rings is 1. The van der Waals surface area contributed by atoms with E-state index in [9.17, 15) is 0 Å². The van der Waals surface area contributed by atoms with Gasteiger partial charge >= 0.3 is 0 Å². The average molecular weight is 243 g/mol. The van der Waals surface area contributed by atoms with Crippen molar-refractivity contribution in [1.82, 2.24) is 5.16 Å². The Morgan fingerprint density at radius 2 is 2.31 bits per heavy atom. The first-order valence-electron chi connectivity index (χ1n) is 3.66. The van der Waals surface area contributed by atoms with Crippen molar-refractivity contribution in [2.24, 2.45) is 0 Å². The van der Waals surface area contributed by atoms with Crippen molar-refractivity contribution in [3.8, 4) is 0 Å². The number of hydrogen-bond donors (Lipinski definition) is 2. The zero-order valence-corrected chi connectivity index (χ0v) is 8.21. The predicted octanol–water partition coefficient (Wildman–Crippen LogP) is 1.66. The summed E-state index contributed by atoms with van der Waals surface area (Å²) in [6, 6.07) is 3.53. The van der Waals surface area contributed by atoms with Gasteiger partial charge in [0.1, 0.15) is 0 Å². The quantitative estimate of drug-likeness (QED) is 0.798. The Labute approximate surface area is 82.4 Å². The normalized spacial score (nSPS) is 10.9. The van der Waals surface area contributed by atoms with Crippen molar-refractivity contribution in [3.05, 3.63) is 22.2 Å². The maximum Gasteiger partial charge on any atom is 0.183 e. The summed E-state index contributed by atoms with van der Waals surface area (Å²) < 4.78 is 5.72. The number of aliphatic hydroxyl groups excluding tert-OH is 1. The third-order valence-corrected chi connectivity index (χ3v) is 2.39. The van der Waals surface area contributed by atoms with Gasteiger partial charge in [-0.15, -0.1) is 0 Å². The Balaban J connectivity index is 2.80. The number of aromatic nitrogens is 1. The van der Waals surface area contributed by atoms with Crippen LogP contribution < -0.4 is 5.73 Å². The van der Waals surface area contributed by atoms with Gasteiger partial charge in [-0.2, -0.15) is 0 Å². The summed E-state index contributed by atoms with van der Waals surface area (Å²) in [6.07, 6.45) is 0. The molecule has 1 aromatic carbocycles. The van der Waals surface area contributed by atoms with Crippen LogP contribution in [-0.2, 0) is 6.61 Å². The van der Waals surface area contributed by atoms with Gasteiger partial charge < -0.3 is 15.4 Å². The third-order valence-electron chi connectivity index (χ3n) is 1.80. The number of nitrogens with two attached hydrogens (primary N) is 1. The molecule has 13 heavy (non-hydrogen) atoms. The summed E-state index contributed by atoms with van der Waals surface area (Å²) in [5.74, 6) is 0.339. The van der Waals surface area contributed by atoms with Gasteiger partial charge in [0.05, 0.1) is 16.5 Å². The lowest BCUT2D eigenvalue weighted by atomic mass is 10.2. The maximum absolute atomic E-state index is 8.94. The predicted molar refractivity (Wildman–Crippen MR) is 52.0 cm³/mol. The molecule has 1 heterocycles. The summed E-state index contributed by atoms with van der Waals surface area (Å²) in [5, 5.41) is 13.3. The minimum absolute atomic E-state index is 0.0286. The van der Waals surface area contributed by atoms with E-state index in [0.717, 1.165) is 15.4 Å². The highest BCUT2D eigenvalue weighted by atomic mass is 79.9. The molecule has 0 saturated heterocycles. The van der Waals surface area contributed by atoms with Gasteiger partial charge in [0, 0.05) is 0 Å². The molecule has 0 amide bonds. The molecule has 0 unspecified atom stereocenters. The van der Waals surface area contributed by atoms with E-state index < -0.39 is 0 Å². The largest absolute Gasteiger partial charge is 0.392 e. The minimum Gasteiger partial charge on any atom is -0.392 e. The standard InChI is InChI=1S/C8H7BrN2O2/c9-6-2-4(3-12)1-5-7(6)13-11-8(5)10/h1-2,12H,3H2,(H2,10,11). The Morgan fingerprint density at radius 1 is 1.54 bits per heavy atom. The number of nitrogens with zero attached hydrogens (tertiary/aromatic N) is 1. The van der Waals surface area contributed by atoms with E-state index in [1.807, 2.05) is 0 Å². The van der Waals surface area contributed by atoms with Gasteiger partial charge in [0.2, 0.25) is 0 Å². The van der Waals surface area contributed by atoms with Crippen LogP contribution in [0.4, 0.5) is 5.82 Å². The van der Waals surface area contributed by atoms with Crippen molar-refractivity contribution in [1.29, 1.82) is 0 Å². The van der Waals surface area contributed by atoms with Gasteiger partial charge in [0.25, 0.3) is 0 Å². The topological polar surface area (TPSA) is 72.3 Å². The number of nitrogen functional groups attached to an aromatic ring is 1. The van der Waals surface area contributed by atoms with Crippen LogP contribution in [0.5, 0.6) is 0 Å². The molecule has 68 valence electrons. The lowest BCUT2D eigenvalue weighted by molar-refractivity contribution is 0.282. The average Bonchev–Trinajstić information content (AvgIpc) is 2.48. The summed E-state index contributed by atoms with van der Waals surface area (Å²) in [7, 11) is 0. The Kier molecular flexibility index (Phi) is 1.97. The summed E-state index contributed by atoms with van der Waals surface area (Å²) in [4.78, 5) is 0. The van der Waals surface area contributed by atoms with E-state index in [0.29, 0.717) is 11.4 Å². The Morgan fingerprint density at radius 3 is 3.00 bits per heavy atom. The number of rotatable bonds is 1. The van der Waals surface area contributed by atoms with Gasteiger partial charge in [-0.3, -0.25) is 0 Å². The van der Waals surface area contributed by atoms with E-state index >= 15 is 0 Å². The van der Waals surface area contributed by atoms with Gasteiger partial charge in [0.15, 0.2) is 11.4 Å². The van der Waals surface area contributed by atoms with Crippen LogP contribution in [-0.4, -0.2) is 10.3 Å². The highest BCUT2D eigenvalue weighted by Crippen LogP contribution is 2.29. The third kappa shape index (κ3) is 1.30. The molecule has 0 radical (unpaired) electrons. The minimum atomic E-state index is -0.0286. The molecule has 2 aromatic rings. The Hall–Kier alpha value is -1.07. The first-order valence-corrected chi connectivity index (χ1v) is 4.46. The SMILES string of the molecule is Nc1noc2c(Br)cc(CO)cc12. The van der Waals surface area contributed by atoms with E-state index in [1.54, 1.807) is 12.1 Å². The van der Waals surface area contributed by atoms with Crippen LogP contribution in [0.2, 0.25) is 0 Å². The molecule has 0 aliphatic rings. The molecule has 1 aromatic heterocycles. The number of halogens is 1. The lowest BCUT2D eigenvalue weighted by Crippen LogP contribution is -1.86. The molecule has 0 saturated carbocycles. The highest BCUT2D eigenvalue weighted by molar-refractivity contribution is 9.10. The van der Waals surface area contributed by atoms with Crippen molar-refractivity contribution < 1.29 is 9.63 Å². The second-order valence-electron chi connectivity index (χ2n) is 2.68. The molecule has 0 spiro atoms. The fourth-order valence-electron chi connectivity index (χ4n) is 1.17. The molecule has 3 N–H and O–H groups in total. The summed E-state index contributed by atoms with van der Waals surface area (Å²) in [6.45, 7) is -0.0286. The van der Waals surface area contributed by atoms with Crippen LogP contribution in [0, 0.1) is 0 Å². The number of fused-ring (bicyclic) bond motifs is 1.